The fourth-order valence-corrected chi connectivity index (χ4v) is 0. The van der Waals surface area contributed by atoms with Gasteiger partial charge in [-0.3, -0.25) is 0 Å². The van der Waals surface area contributed by atoms with Crippen LogP contribution < -0.4 is 20.4 Å². The Balaban J connectivity index is -0.0000000192. The summed E-state index contributed by atoms with van der Waals surface area (Å²) in [5.74, 6) is -4.33. The molecule has 0 aliphatic heterocycles. The number of rotatable bonds is 0. The van der Waals surface area contributed by atoms with Crippen LogP contribution >= 0.6 is 0 Å². The third-order valence-corrected chi connectivity index (χ3v) is 0. The van der Waals surface area contributed by atoms with Crippen LogP contribution in [-0.4, -0.2) is 23.9 Å². The van der Waals surface area contributed by atoms with Crippen molar-refractivity contribution in [2.45, 2.75) is 27.7 Å². The molecule has 0 heterocycles. The maximum atomic E-state index is 8.89. The molecular weight excluding hydrogens is 429 g/mol. The summed E-state index contributed by atoms with van der Waals surface area (Å²) < 4.78 is 0. The Labute approximate surface area is 150 Å². The molecule has 0 atom stereocenters. The summed E-state index contributed by atoms with van der Waals surface area (Å²) in [5.41, 5.74) is 0. The fourth-order valence-electron chi connectivity index (χ4n) is 0. The van der Waals surface area contributed by atoms with Gasteiger partial charge in [0, 0.05) is 50.1 Å². The van der Waals surface area contributed by atoms with Gasteiger partial charge >= 0.3 is 33.8 Å². The SMILES string of the molecule is CC(=O)[O-].CC(=O)[O-].CC(=O)[O-].CC(=O)[O-].[Co+2].[Mn+2].[Zr]. The van der Waals surface area contributed by atoms with Crippen molar-refractivity contribution >= 4 is 23.9 Å². The number of aliphatic carboxylic acids is 4. The minimum atomic E-state index is -1.08. The molecule has 8 nitrogen and oxygen atoms in total. The van der Waals surface area contributed by atoms with Gasteiger partial charge in [-0.2, -0.15) is 0 Å². The van der Waals surface area contributed by atoms with Crippen LogP contribution in [0.4, 0.5) is 0 Å². The van der Waals surface area contributed by atoms with Crippen LogP contribution in [0.5, 0.6) is 0 Å². The molecule has 0 saturated heterocycles. The second-order valence-electron chi connectivity index (χ2n) is 1.97. The predicted octanol–water partition coefficient (Wildman–Crippen LogP) is -4.98. The van der Waals surface area contributed by atoms with E-state index in [1.165, 1.54) is 0 Å². The van der Waals surface area contributed by atoms with E-state index in [0.29, 0.717) is 0 Å². The maximum absolute atomic E-state index is 8.89. The zero-order valence-corrected chi connectivity index (χ0v) is 15.2. The summed E-state index contributed by atoms with van der Waals surface area (Å²) in [6.07, 6.45) is 0. The predicted molar refractivity (Wildman–Crippen MR) is 42.7 cm³/mol. The van der Waals surface area contributed by atoms with Crippen LogP contribution in [0.3, 0.4) is 0 Å². The molecule has 0 fully saturated rings. The van der Waals surface area contributed by atoms with Gasteiger partial charge in [-0.1, -0.05) is 0 Å². The first kappa shape index (κ1) is 42.8. The zero-order valence-electron chi connectivity index (χ0n) is 10.5. The fraction of sp³-hybridized carbons (Fsp3) is 0.500. The molecule has 19 heavy (non-hydrogen) atoms. The van der Waals surface area contributed by atoms with Crippen LogP contribution in [0.2, 0.25) is 0 Å². The van der Waals surface area contributed by atoms with Gasteiger partial charge in [-0.15, -0.1) is 0 Å². The molecule has 0 unspecified atom stereocenters. The van der Waals surface area contributed by atoms with Gasteiger partial charge in [0.1, 0.15) is 0 Å². The van der Waals surface area contributed by atoms with Crippen molar-refractivity contribution in [1.29, 1.82) is 0 Å². The van der Waals surface area contributed by atoms with Gasteiger partial charge in [0.25, 0.3) is 0 Å². The van der Waals surface area contributed by atoms with Crippen LogP contribution in [0, 0.1) is 0 Å². The summed E-state index contributed by atoms with van der Waals surface area (Å²) in [6.45, 7) is 3.89. The molecular formula is C8H12CoMnO8Zr. The Morgan fingerprint density at radius 1 is 0.579 bits per heavy atom. The molecule has 0 aliphatic carbocycles. The minimum absolute atomic E-state index is 0. The van der Waals surface area contributed by atoms with Crippen molar-refractivity contribution in [2.24, 2.45) is 0 Å². The standard InChI is InChI=1S/4C2H4O2.Co.Mn.Zr/c4*1-2(3)4;;;/h4*1H3,(H,3,4);;;/q;;;;2*+2;/p-4. The van der Waals surface area contributed by atoms with Crippen LogP contribution in [0.25, 0.3) is 0 Å². The average Bonchev–Trinajstić information content (AvgIpc) is 1.76. The normalized spacial score (nSPS) is 5.26. The van der Waals surface area contributed by atoms with Crippen molar-refractivity contribution in [3.8, 4) is 0 Å². The van der Waals surface area contributed by atoms with E-state index in [0.717, 1.165) is 27.7 Å². The van der Waals surface area contributed by atoms with Gasteiger partial charge in [-0.05, 0) is 27.7 Å². The molecule has 0 aromatic carbocycles. The number of carbonyl (C=O) groups excluding carboxylic acids is 4. The largest absolute Gasteiger partial charge is 2.00 e. The number of carboxylic acid groups (broad SMARTS) is 4. The molecule has 0 rings (SSSR count). The van der Waals surface area contributed by atoms with Crippen molar-refractivity contribution in [2.75, 3.05) is 0 Å². The number of carboxylic acids is 4. The van der Waals surface area contributed by atoms with E-state index in [-0.39, 0.29) is 60.1 Å². The molecule has 11 heteroatoms. The molecule has 0 aromatic heterocycles. The summed E-state index contributed by atoms with van der Waals surface area (Å²) in [7, 11) is 0. The van der Waals surface area contributed by atoms with Crippen molar-refractivity contribution in [1.82, 2.24) is 0 Å². The van der Waals surface area contributed by atoms with E-state index in [1.54, 1.807) is 0 Å². The Hall–Kier alpha value is -0.211. The molecule has 0 bridgehead atoms. The van der Waals surface area contributed by atoms with Gasteiger partial charge < -0.3 is 39.6 Å². The van der Waals surface area contributed by atoms with E-state index < -0.39 is 23.9 Å². The summed E-state index contributed by atoms with van der Waals surface area (Å²) in [4.78, 5) is 35.6. The number of hydrogen-bond acceptors (Lipinski definition) is 8. The van der Waals surface area contributed by atoms with Gasteiger partial charge in [-0.25, -0.2) is 0 Å². The van der Waals surface area contributed by atoms with E-state index in [9.17, 15) is 0 Å². The Morgan fingerprint density at radius 3 is 0.579 bits per heavy atom. The van der Waals surface area contributed by atoms with Crippen molar-refractivity contribution in [3.05, 3.63) is 0 Å². The average molecular weight is 441 g/mol. The topological polar surface area (TPSA) is 161 Å². The maximum Gasteiger partial charge on any atom is 2.00 e. The molecule has 0 amide bonds. The van der Waals surface area contributed by atoms with Crippen molar-refractivity contribution < 1.29 is 99.7 Å². The molecule has 0 spiro atoms. The number of hydrogen-bond donors (Lipinski definition) is 0. The number of carbonyl (C=O) groups is 4. The molecule has 2 radical (unpaired) electrons. The first-order valence-corrected chi connectivity index (χ1v) is 3.63. The smallest absolute Gasteiger partial charge is 0.550 e. The minimum Gasteiger partial charge on any atom is -0.550 e. The second-order valence-corrected chi connectivity index (χ2v) is 1.97. The Kier molecular flexibility index (Phi) is 81.2. The quantitative estimate of drug-likeness (QED) is 0.338. The van der Waals surface area contributed by atoms with E-state index in [4.69, 9.17) is 39.6 Å². The van der Waals surface area contributed by atoms with E-state index >= 15 is 0 Å². The molecule has 0 N–H and O–H groups in total. The third-order valence-electron chi connectivity index (χ3n) is 0. The first-order chi connectivity index (χ1) is 6.93. The van der Waals surface area contributed by atoms with E-state index in [1.807, 2.05) is 0 Å². The molecule has 112 valence electrons. The van der Waals surface area contributed by atoms with Crippen molar-refractivity contribution in [3.63, 3.8) is 0 Å². The van der Waals surface area contributed by atoms with Gasteiger partial charge in [0.2, 0.25) is 0 Å². The monoisotopic (exact) mass is 440 g/mol. The Morgan fingerprint density at radius 2 is 0.579 bits per heavy atom. The summed E-state index contributed by atoms with van der Waals surface area (Å²) in [5, 5.41) is 35.6. The van der Waals surface area contributed by atoms with Crippen LogP contribution in [0.15, 0.2) is 0 Å². The van der Waals surface area contributed by atoms with Gasteiger partial charge in [0.05, 0.1) is 0 Å². The molecule has 0 aromatic rings. The van der Waals surface area contributed by atoms with Crippen LogP contribution in [-0.2, 0) is 79.2 Å². The second kappa shape index (κ2) is 36.1. The summed E-state index contributed by atoms with van der Waals surface area (Å²) in [6, 6.07) is 0. The van der Waals surface area contributed by atoms with Gasteiger partial charge in [0.15, 0.2) is 0 Å². The Bertz CT molecular complexity index is 173. The zero-order chi connectivity index (χ0) is 14.3. The van der Waals surface area contributed by atoms with E-state index in [2.05, 4.69) is 0 Å². The summed E-state index contributed by atoms with van der Waals surface area (Å²) >= 11 is 0. The first-order valence-electron chi connectivity index (χ1n) is 3.63. The van der Waals surface area contributed by atoms with Crippen LogP contribution in [0.1, 0.15) is 27.7 Å². The molecule has 0 aliphatic rings. The molecule has 0 saturated carbocycles. The third kappa shape index (κ3) is 99700.